The predicted octanol–water partition coefficient (Wildman–Crippen LogP) is 1.13. The third kappa shape index (κ3) is 4.76. The molecule has 0 unspecified atom stereocenters. The van der Waals surface area contributed by atoms with Gasteiger partial charge in [0.15, 0.2) is 6.61 Å². The van der Waals surface area contributed by atoms with Gasteiger partial charge >= 0.3 is 11.7 Å². The monoisotopic (exact) mass is 400 g/mol. The zero-order valence-corrected chi connectivity index (χ0v) is 14.7. The van der Waals surface area contributed by atoms with E-state index in [0.717, 1.165) is 24.3 Å². The van der Waals surface area contributed by atoms with Crippen LogP contribution >= 0.6 is 0 Å². The molecule has 0 atom stereocenters. The molecular formula is C16H14F2N2O6S. The van der Waals surface area contributed by atoms with Gasteiger partial charge in [-0.05, 0) is 36.4 Å². The summed E-state index contributed by atoms with van der Waals surface area (Å²) in [6, 6.07) is 6.71. The van der Waals surface area contributed by atoms with E-state index in [9.17, 15) is 31.6 Å². The van der Waals surface area contributed by atoms with Gasteiger partial charge in [-0.1, -0.05) is 0 Å². The first kappa shape index (κ1) is 20.2. The molecule has 8 nitrogen and oxygen atoms in total. The summed E-state index contributed by atoms with van der Waals surface area (Å²) in [6.45, 7) is -0.758. The summed E-state index contributed by atoms with van der Waals surface area (Å²) in [5, 5.41) is 2.03. The van der Waals surface area contributed by atoms with Crippen LogP contribution in [0.25, 0.3) is 0 Å². The fourth-order valence-corrected chi connectivity index (χ4v) is 2.74. The Morgan fingerprint density at radius 3 is 2.30 bits per heavy atom. The van der Waals surface area contributed by atoms with Crippen molar-refractivity contribution in [2.75, 3.05) is 6.61 Å². The number of imide groups is 1. The summed E-state index contributed by atoms with van der Waals surface area (Å²) in [5.74, 6) is -6.12. The van der Waals surface area contributed by atoms with E-state index in [1.54, 1.807) is 19.3 Å². The first-order valence-corrected chi connectivity index (χ1v) is 8.92. The number of alkyl halides is 2. The Labute approximate surface area is 152 Å². The number of hydrogen-bond donors (Lipinski definition) is 1. The van der Waals surface area contributed by atoms with Gasteiger partial charge in [-0.15, -0.1) is 0 Å². The van der Waals surface area contributed by atoms with E-state index in [1.165, 1.54) is 10.6 Å². The molecular weight excluding hydrogens is 386 g/mol. The molecule has 0 saturated heterocycles. The van der Waals surface area contributed by atoms with E-state index in [0.29, 0.717) is 0 Å². The van der Waals surface area contributed by atoms with Crippen LogP contribution in [0.1, 0.15) is 20.8 Å². The topological polar surface area (TPSA) is 112 Å². The summed E-state index contributed by atoms with van der Waals surface area (Å²) < 4.78 is 53.7. The summed E-state index contributed by atoms with van der Waals surface area (Å²) in [6.07, 6.45) is 1.61. The van der Waals surface area contributed by atoms with Crippen LogP contribution in [0.5, 0.6) is 0 Å². The molecule has 2 aromatic rings. The second-order valence-corrected chi connectivity index (χ2v) is 7.21. The van der Waals surface area contributed by atoms with E-state index in [-0.39, 0.29) is 11.3 Å². The molecule has 0 aliphatic rings. The smallest absolute Gasteiger partial charge is 0.341 e. The highest BCUT2D eigenvalue weighted by atomic mass is 32.2. The maximum absolute atomic E-state index is 12.4. The van der Waals surface area contributed by atoms with Gasteiger partial charge in [-0.3, -0.25) is 14.9 Å². The standard InChI is InChI=1S/C16H14F2N2O6S/c1-20-8-2-3-12(20)14(22)19-13(21)9-26-15(23)10-4-6-11(7-5-10)27(24,25)16(17)18/h2-8,16H,9H2,1H3,(H,19,21,22). The number of amides is 2. The first-order chi connectivity index (χ1) is 12.6. The van der Waals surface area contributed by atoms with Crippen molar-refractivity contribution in [3.63, 3.8) is 0 Å². The Balaban J connectivity index is 1.93. The molecule has 0 radical (unpaired) electrons. The summed E-state index contributed by atoms with van der Waals surface area (Å²) in [5.41, 5.74) is 0.0790. The van der Waals surface area contributed by atoms with Crippen LogP contribution < -0.4 is 5.32 Å². The molecule has 1 aromatic heterocycles. The summed E-state index contributed by atoms with van der Waals surface area (Å²) >= 11 is 0. The van der Waals surface area contributed by atoms with Crippen LogP contribution in [-0.4, -0.2) is 43.1 Å². The van der Waals surface area contributed by atoms with Crippen LogP contribution in [0.2, 0.25) is 0 Å². The minimum absolute atomic E-state index is 0.148. The molecule has 1 aromatic carbocycles. The summed E-state index contributed by atoms with van der Waals surface area (Å²) in [4.78, 5) is 34.7. The Bertz CT molecular complexity index is 967. The number of sulfone groups is 1. The van der Waals surface area contributed by atoms with Crippen LogP contribution in [0, 0.1) is 0 Å². The van der Waals surface area contributed by atoms with Crippen molar-refractivity contribution in [2.24, 2.45) is 7.05 Å². The zero-order valence-electron chi connectivity index (χ0n) is 13.9. The molecule has 0 bridgehead atoms. The number of carbonyl (C=O) groups excluding carboxylic acids is 3. The lowest BCUT2D eigenvalue weighted by atomic mass is 10.2. The maximum Gasteiger partial charge on any atom is 0.341 e. The van der Waals surface area contributed by atoms with E-state index < -0.39 is 44.9 Å². The van der Waals surface area contributed by atoms with Gasteiger partial charge in [0.1, 0.15) is 5.69 Å². The van der Waals surface area contributed by atoms with Gasteiger partial charge in [0, 0.05) is 13.2 Å². The largest absolute Gasteiger partial charge is 0.452 e. The quantitative estimate of drug-likeness (QED) is 0.728. The van der Waals surface area contributed by atoms with Crippen molar-refractivity contribution in [1.29, 1.82) is 0 Å². The van der Waals surface area contributed by atoms with Gasteiger partial charge in [-0.25, -0.2) is 13.2 Å². The highest BCUT2D eigenvalue weighted by Gasteiger charge is 2.26. The second-order valence-electron chi connectivity index (χ2n) is 5.29. The SMILES string of the molecule is Cn1cccc1C(=O)NC(=O)COC(=O)c1ccc(S(=O)(=O)C(F)F)cc1. The first-order valence-electron chi connectivity index (χ1n) is 7.37. The van der Waals surface area contributed by atoms with E-state index in [2.05, 4.69) is 0 Å². The van der Waals surface area contributed by atoms with Crippen molar-refractivity contribution in [3.8, 4) is 0 Å². The number of esters is 1. The number of halogens is 2. The minimum Gasteiger partial charge on any atom is -0.452 e. The molecule has 1 heterocycles. The van der Waals surface area contributed by atoms with E-state index >= 15 is 0 Å². The lowest BCUT2D eigenvalue weighted by molar-refractivity contribution is -0.123. The van der Waals surface area contributed by atoms with Crippen LogP contribution in [0.4, 0.5) is 8.78 Å². The Hall–Kier alpha value is -3.08. The number of aryl methyl sites for hydroxylation is 1. The molecule has 11 heteroatoms. The average Bonchev–Trinajstić information content (AvgIpc) is 3.05. The lowest BCUT2D eigenvalue weighted by Crippen LogP contribution is -2.35. The molecule has 1 N–H and O–H groups in total. The highest BCUT2D eigenvalue weighted by Crippen LogP contribution is 2.18. The Kier molecular flexibility index (Phi) is 6.05. The Morgan fingerprint density at radius 1 is 1.15 bits per heavy atom. The van der Waals surface area contributed by atoms with Gasteiger partial charge in [0.25, 0.3) is 11.8 Å². The van der Waals surface area contributed by atoms with Gasteiger partial charge in [0.05, 0.1) is 10.5 Å². The number of nitrogens with zero attached hydrogens (tertiary/aromatic N) is 1. The molecule has 27 heavy (non-hydrogen) atoms. The van der Waals surface area contributed by atoms with Crippen molar-refractivity contribution in [2.45, 2.75) is 10.7 Å². The molecule has 0 fully saturated rings. The molecule has 0 aliphatic carbocycles. The van der Waals surface area contributed by atoms with Crippen molar-refractivity contribution in [3.05, 3.63) is 53.9 Å². The highest BCUT2D eigenvalue weighted by molar-refractivity contribution is 7.91. The van der Waals surface area contributed by atoms with Crippen molar-refractivity contribution in [1.82, 2.24) is 9.88 Å². The molecule has 0 aliphatic heterocycles. The second kappa shape index (κ2) is 8.08. The van der Waals surface area contributed by atoms with Gasteiger partial charge in [-0.2, -0.15) is 8.78 Å². The molecule has 2 rings (SSSR count). The average molecular weight is 400 g/mol. The van der Waals surface area contributed by atoms with E-state index in [1.807, 2.05) is 5.32 Å². The number of ether oxygens (including phenoxy) is 1. The third-order valence-corrected chi connectivity index (χ3v) is 4.82. The normalized spacial score (nSPS) is 11.3. The number of aromatic nitrogens is 1. The van der Waals surface area contributed by atoms with Crippen LogP contribution in [0.3, 0.4) is 0 Å². The summed E-state index contributed by atoms with van der Waals surface area (Å²) in [7, 11) is -3.16. The number of nitrogens with one attached hydrogen (secondary N) is 1. The molecule has 0 spiro atoms. The molecule has 144 valence electrons. The number of rotatable bonds is 6. The van der Waals surface area contributed by atoms with Gasteiger partial charge < -0.3 is 9.30 Å². The zero-order chi connectivity index (χ0) is 20.2. The lowest BCUT2D eigenvalue weighted by Gasteiger charge is -2.07. The van der Waals surface area contributed by atoms with Crippen LogP contribution in [0.15, 0.2) is 47.5 Å². The van der Waals surface area contributed by atoms with Crippen LogP contribution in [-0.2, 0) is 26.4 Å². The van der Waals surface area contributed by atoms with E-state index in [4.69, 9.17) is 4.74 Å². The minimum atomic E-state index is -4.77. The fourth-order valence-electron chi connectivity index (χ4n) is 2.02. The van der Waals surface area contributed by atoms with Gasteiger partial charge in [0.2, 0.25) is 9.84 Å². The number of hydrogen-bond acceptors (Lipinski definition) is 6. The number of carbonyl (C=O) groups is 3. The van der Waals surface area contributed by atoms with Crippen molar-refractivity contribution >= 4 is 27.6 Å². The predicted molar refractivity (Wildman–Crippen MR) is 87.8 cm³/mol. The molecule has 2 amide bonds. The number of benzene rings is 1. The van der Waals surface area contributed by atoms with Crippen molar-refractivity contribution < 1.29 is 36.3 Å². The third-order valence-electron chi connectivity index (χ3n) is 3.42. The maximum atomic E-state index is 12.4. The Morgan fingerprint density at radius 2 is 1.78 bits per heavy atom. The molecule has 0 saturated carbocycles. The fraction of sp³-hybridized carbons (Fsp3) is 0.188.